The molecule has 0 saturated heterocycles. The van der Waals surface area contributed by atoms with Gasteiger partial charge in [0.15, 0.2) is 5.60 Å². The minimum absolute atomic E-state index is 0.162. The predicted molar refractivity (Wildman–Crippen MR) is 64.3 cm³/mol. The Balaban J connectivity index is 2.61. The molecule has 6 heteroatoms. The Morgan fingerprint density at radius 2 is 2.12 bits per heavy atom. The molecule has 1 aromatic rings. The Labute approximate surface area is 108 Å². The SMILES string of the molecule is CC(=O)C[C@]1(O)C(=O)Nc2cc(Cl)cc(Cl)c21. The smallest absolute Gasteiger partial charge is 0.261 e. The van der Waals surface area contributed by atoms with Gasteiger partial charge in [0.25, 0.3) is 5.91 Å². The topological polar surface area (TPSA) is 66.4 Å². The van der Waals surface area contributed by atoms with Crippen LogP contribution in [0.5, 0.6) is 0 Å². The van der Waals surface area contributed by atoms with Gasteiger partial charge in [0.1, 0.15) is 5.78 Å². The summed E-state index contributed by atoms with van der Waals surface area (Å²) in [5, 5.41) is 13.3. The van der Waals surface area contributed by atoms with E-state index in [9.17, 15) is 14.7 Å². The summed E-state index contributed by atoms with van der Waals surface area (Å²) in [5.74, 6) is -0.964. The molecule has 1 aromatic carbocycles. The fourth-order valence-electron chi connectivity index (χ4n) is 1.96. The van der Waals surface area contributed by atoms with Crippen LogP contribution in [0.25, 0.3) is 0 Å². The van der Waals surface area contributed by atoms with Crippen LogP contribution in [0.4, 0.5) is 5.69 Å². The van der Waals surface area contributed by atoms with E-state index in [-0.39, 0.29) is 22.8 Å². The van der Waals surface area contributed by atoms with Gasteiger partial charge in [-0.2, -0.15) is 0 Å². The molecule has 1 aliphatic rings. The third-order valence-electron chi connectivity index (χ3n) is 2.60. The summed E-state index contributed by atoms with van der Waals surface area (Å²) in [7, 11) is 0. The maximum atomic E-state index is 11.7. The molecule has 0 unspecified atom stereocenters. The minimum Gasteiger partial charge on any atom is -0.375 e. The maximum Gasteiger partial charge on any atom is 0.261 e. The number of rotatable bonds is 2. The van der Waals surface area contributed by atoms with Gasteiger partial charge in [-0.1, -0.05) is 23.2 Å². The van der Waals surface area contributed by atoms with Crippen LogP contribution >= 0.6 is 23.2 Å². The van der Waals surface area contributed by atoms with E-state index in [1.54, 1.807) is 0 Å². The molecule has 2 N–H and O–H groups in total. The second-order valence-corrected chi connectivity index (χ2v) is 4.85. The first-order chi connectivity index (χ1) is 7.84. The van der Waals surface area contributed by atoms with Crippen molar-refractivity contribution in [2.45, 2.75) is 18.9 Å². The highest BCUT2D eigenvalue weighted by atomic mass is 35.5. The molecule has 1 atom stereocenters. The van der Waals surface area contributed by atoms with E-state index >= 15 is 0 Å². The number of fused-ring (bicyclic) bond motifs is 1. The van der Waals surface area contributed by atoms with Crippen molar-refractivity contribution in [1.82, 2.24) is 0 Å². The molecule has 2 rings (SSSR count). The van der Waals surface area contributed by atoms with Gasteiger partial charge < -0.3 is 10.4 Å². The van der Waals surface area contributed by atoms with Crippen LogP contribution in [0, 0.1) is 0 Å². The lowest BCUT2D eigenvalue weighted by Crippen LogP contribution is -2.36. The highest BCUT2D eigenvalue weighted by Gasteiger charge is 2.47. The molecule has 0 bridgehead atoms. The van der Waals surface area contributed by atoms with E-state index in [0.29, 0.717) is 10.7 Å². The van der Waals surface area contributed by atoms with Crippen LogP contribution in [-0.2, 0) is 15.2 Å². The number of hydrogen-bond acceptors (Lipinski definition) is 3. The summed E-state index contributed by atoms with van der Waals surface area (Å²) in [6, 6.07) is 2.91. The predicted octanol–water partition coefficient (Wildman–Crippen LogP) is 2.11. The van der Waals surface area contributed by atoms with Gasteiger partial charge >= 0.3 is 0 Å². The van der Waals surface area contributed by atoms with Crippen molar-refractivity contribution in [3.8, 4) is 0 Å². The van der Waals surface area contributed by atoms with Crippen molar-refractivity contribution in [2.24, 2.45) is 0 Å². The molecule has 0 saturated carbocycles. The van der Waals surface area contributed by atoms with E-state index in [0.717, 1.165) is 0 Å². The van der Waals surface area contributed by atoms with Crippen LogP contribution in [0.15, 0.2) is 12.1 Å². The summed E-state index contributed by atoms with van der Waals surface area (Å²) < 4.78 is 0. The monoisotopic (exact) mass is 273 g/mol. The van der Waals surface area contributed by atoms with E-state index in [1.807, 2.05) is 0 Å². The van der Waals surface area contributed by atoms with Crippen LogP contribution in [0.1, 0.15) is 18.9 Å². The summed E-state index contributed by atoms with van der Waals surface area (Å²) in [6.07, 6.45) is -0.312. The fourth-order valence-corrected chi connectivity index (χ4v) is 2.61. The molecule has 1 amide bonds. The zero-order valence-electron chi connectivity index (χ0n) is 8.88. The standard InChI is InChI=1S/C11H9Cl2NO3/c1-5(15)4-11(17)9-7(13)2-6(12)3-8(9)14-10(11)16/h2-3,17H,4H2,1H3,(H,14,16)/t11-/m1/s1. The van der Waals surface area contributed by atoms with E-state index in [1.165, 1.54) is 19.1 Å². The molecule has 17 heavy (non-hydrogen) atoms. The number of nitrogens with one attached hydrogen (secondary N) is 1. The zero-order chi connectivity index (χ0) is 12.8. The zero-order valence-corrected chi connectivity index (χ0v) is 10.4. The quantitative estimate of drug-likeness (QED) is 0.868. The summed E-state index contributed by atoms with van der Waals surface area (Å²) >= 11 is 11.8. The van der Waals surface area contributed by atoms with Crippen molar-refractivity contribution in [2.75, 3.05) is 5.32 Å². The van der Waals surface area contributed by atoms with Crippen LogP contribution in [0.2, 0.25) is 10.0 Å². The Morgan fingerprint density at radius 3 is 2.71 bits per heavy atom. The lowest BCUT2D eigenvalue weighted by Gasteiger charge is -2.20. The van der Waals surface area contributed by atoms with Gasteiger partial charge in [0.2, 0.25) is 0 Å². The van der Waals surface area contributed by atoms with Crippen LogP contribution in [-0.4, -0.2) is 16.8 Å². The Morgan fingerprint density at radius 1 is 1.47 bits per heavy atom. The summed E-state index contributed by atoms with van der Waals surface area (Å²) in [6.45, 7) is 1.30. The first-order valence-corrected chi connectivity index (χ1v) is 5.63. The molecule has 0 aromatic heterocycles. The number of carbonyl (C=O) groups excluding carboxylic acids is 2. The highest BCUT2D eigenvalue weighted by molar-refractivity contribution is 6.36. The second-order valence-electron chi connectivity index (χ2n) is 4.00. The first kappa shape index (κ1) is 12.4. The molecule has 0 fully saturated rings. The Kier molecular flexibility index (Phi) is 2.89. The number of benzene rings is 1. The molecular formula is C11H9Cl2NO3. The average molecular weight is 274 g/mol. The third-order valence-corrected chi connectivity index (χ3v) is 3.11. The van der Waals surface area contributed by atoms with E-state index in [4.69, 9.17) is 23.2 Å². The van der Waals surface area contributed by atoms with Crippen molar-refractivity contribution in [3.63, 3.8) is 0 Å². The van der Waals surface area contributed by atoms with Gasteiger partial charge in [-0.25, -0.2) is 0 Å². The number of aliphatic hydroxyl groups is 1. The number of amides is 1. The van der Waals surface area contributed by atoms with Crippen LogP contribution < -0.4 is 5.32 Å². The largest absolute Gasteiger partial charge is 0.375 e. The number of Topliss-reactive ketones (excluding diaryl/α,β-unsaturated/α-hetero) is 1. The third kappa shape index (κ3) is 1.92. The second kappa shape index (κ2) is 3.98. The Hall–Kier alpha value is -1.10. The van der Waals surface area contributed by atoms with E-state index in [2.05, 4.69) is 5.32 Å². The Bertz CT molecular complexity index is 530. The first-order valence-electron chi connectivity index (χ1n) is 4.87. The molecule has 1 aliphatic heterocycles. The van der Waals surface area contributed by atoms with Gasteiger partial charge in [-0.3, -0.25) is 9.59 Å². The summed E-state index contributed by atoms with van der Waals surface area (Å²) in [4.78, 5) is 22.9. The average Bonchev–Trinajstić information content (AvgIpc) is 2.36. The van der Waals surface area contributed by atoms with Crippen molar-refractivity contribution in [1.29, 1.82) is 0 Å². The van der Waals surface area contributed by atoms with E-state index < -0.39 is 11.5 Å². The van der Waals surface area contributed by atoms with Gasteiger partial charge in [0.05, 0.1) is 10.7 Å². The molecule has 0 spiro atoms. The van der Waals surface area contributed by atoms with Gasteiger partial charge in [-0.15, -0.1) is 0 Å². The van der Waals surface area contributed by atoms with Crippen molar-refractivity contribution in [3.05, 3.63) is 27.7 Å². The molecule has 0 aliphatic carbocycles. The number of hydrogen-bond donors (Lipinski definition) is 2. The lowest BCUT2D eigenvalue weighted by molar-refractivity contribution is -0.139. The number of carbonyl (C=O) groups is 2. The van der Waals surface area contributed by atoms with Crippen molar-refractivity contribution >= 4 is 40.6 Å². The minimum atomic E-state index is -1.90. The molecule has 90 valence electrons. The van der Waals surface area contributed by atoms with Crippen molar-refractivity contribution < 1.29 is 14.7 Å². The molecule has 4 nitrogen and oxygen atoms in total. The normalized spacial score (nSPS) is 22.2. The molecule has 0 radical (unpaired) electrons. The highest BCUT2D eigenvalue weighted by Crippen LogP contribution is 2.44. The lowest BCUT2D eigenvalue weighted by atomic mass is 9.90. The number of halogens is 2. The van der Waals surface area contributed by atoms with Gasteiger partial charge in [0, 0.05) is 17.0 Å². The molecule has 1 heterocycles. The number of ketones is 1. The number of anilines is 1. The fraction of sp³-hybridized carbons (Fsp3) is 0.273. The van der Waals surface area contributed by atoms with Gasteiger partial charge in [-0.05, 0) is 19.1 Å². The summed E-state index contributed by atoms with van der Waals surface area (Å²) in [5.41, 5.74) is -1.34. The van der Waals surface area contributed by atoms with Crippen LogP contribution in [0.3, 0.4) is 0 Å². The maximum absolute atomic E-state index is 11.7. The molecular weight excluding hydrogens is 265 g/mol.